The van der Waals surface area contributed by atoms with E-state index >= 15 is 0 Å². The highest BCUT2D eigenvalue weighted by molar-refractivity contribution is 7.16. The van der Waals surface area contributed by atoms with Gasteiger partial charge in [-0.25, -0.2) is 0 Å². The molecule has 2 aliphatic rings. The third-order valence-corrected chi connectivity index (χ3v) is 5.98. The summed E-state index contributed by atoms with van der Waals surface area (Å²) in [7, 11) is 0. The van der Waals surface area contributed by atoms with Crippen molar-refractivity contribution in [2.45, 2.75) is 26.3 Å². The van der Waals surface area contributed by atoms with E-state index in [0.29, 0.717) is 6.42 Å². The lowest BCUT2D eigenvalue weighted by atomic mass is 9.86. The molecular weight excluding hydrogens is 306 g/mol. The maximum Gasteiger partial charge on any atom is 0.228 e. The third-order valence-electron chi connectivity index (χ3n) is 4.96. The minimum absolute atomic E-state index is 0.136. The van der Waals surface area contributed by atoms with Crippen molar-refractivity contribution in [2.75, 3.05) is 24.5 Å². The van der Waals surface area contributed by atoms with Gasteiger partial charge in [0.25, 0.3) is 0 Å². The Morgan fingerprint density at radius 3 is 2.96 bits per heavy atom. The predicted octanol–water partition coefficient (Wildman–Crippen LogP) is 3.08. The summed E-state index contributed by atoms with van der Waals surface area (Å²) < 4.78 is 0. The molecule has 2 aliphatic heterocycles. The molecule has 0 unspecified atom stereocenters. The monoisotopic (exact) mass is 327 g/mol. The van der Waals surface area contributed by atoms with Crippen LogP contribution in [0.25, 0.3) is 0 Å². The van der Waals surface area contributed by atoms with E-state index in [4.69, 9.17) is 0 Å². The highest BCUT2D eigenvalue weighted by atomic mass is 32.1. The lowest BCUT2D eigenvalue weighted by Crippen LogP contribution is -2.30. The Hall–Kier alpha value is -1.72. The molecule has 0 radical (unpaired) electrons. The Morgan fingerprint density at radius 2 is 2.22 bits per heavy atom. The number of anilines is 1. The molecule has 5 heteroatoms. The average Bonchev–Trinajstić information content (AvgIpc) is 3.21. The van der Waals surface area contributed by atoms with Crippen molar-refractivity contribution in [3.63, 3.8) is 0 Å². The van der Waals surface area contributed by atoms with Crippen LogP contribution in [0.2, 0.25) is 0 Å². The van der Waals surface area contributed by atoms with Crippen molar-refractivity contribution in [3.05, 3.63) is 47.1 Å². The van der Waals surface area contributed by atoms with E-state index in [1.165, 1.54) is 10.4 Å². The van der Waals surface area contributed by atoms with Crippen molar-refractivity contribution in [3.8, 4) is 0 Å². The first-order chi connectivity index (χ1) is 11.1. The second-order valence-electron chi connectivity index (χ2n) is 6.86. The quantitative estimate of drug-likeness (QED) is 0.869. The maximum atomic E-state index is 12.5. The molecule has 1 atom stereocenters. The summed E-state index contributed by atoms with van der Waals surface area (Å²) >= 11 is 1.72. The van der Waals surface area contributed by atoms with E-state index in [9.17, 15) is 4.79 Å². The third kappa shape index (κ3) is 2.91. The number of aryl methyl sites for hydroxylation is 1. The van der Waals surface area contributed by atoms with Crippen LogP contribution >= 0.6 is 11.3 Å². The minimum Gasteiger partial charge on any atom is -0.303 e. The zero-order valence-corrected chi connectivity index (χ0v) is 14.2. The van der Waals surface area contributed by atoms with Gasteiger partial charge in [0.05, 0.1) is 5.00 Å². The molecular formula is C18H21N3OS. The van der Waals surface area contributed by atoms with Gasteiger partial charge >= 0.3 is 0 Å². The van der Waals surface area contributed by atoms with Gasteiger partial charge in [-0.3, -0.25) is 14.7 Å². The van der Waals surface area contributed by atoms with Gasteiger partial charge in [-0.05, 0) is 43.7 Å². The maximum absolute atomic E-state index is 12.5. The second kappa shape index (κ2) is 5.73. The van der Waals surface area contributed by atoms with Crippen LogP contribution in [0.15, 0.2) is 36.7 Å². The molecule has 0 bridgehead atoms. The molecule has 0 aromatic carbocycles. The number of aromatic nitrogens is 1. The van der Waals surface area contributed by atoms with Gasteiger partial charge in [-0.15, -0.1) is 11.3 Å². The number of rotatable bonds is 3. The van der Waals surface area contributed by atoms with E-state index in [1.54, 1.807) is 11.3 Å². The first kappa shape index (κ1) is 14.8. The molecule has 2 aromatic rings. The van der Waals surface area contributed by atoms with E-state index in [1.807, 2.05) is 23.4 Å². The Kier molecular flexibility index (Phi) is 3.70. The van der Waals surface area contributed by atoms with Gasteiger partial charge in [-0.2, -0.15) is 0 Å². The fourth-order valence-corrected chi connectivity index (χ4v) is 4.73. The zero-order valence-electron chi connectivity index (χ0n) is 13.4. The highest BCUT2D eigenvalue weighted by Crippen LogP contribution is 2.43. The van der Waals surface area contributed by atoms with Crippen molar-refractivity contribution in [1.82, 2.24) is 9.88 Å². The number of pyridine rings is 1. The van der Waals surface area contributed by atoms with Crippen LogP contribution in [-0.2, 0) is 11.3 Å². The fourth-order valence-electron chi connectivity index (χ4n) is 3.85. The standard InChI is InChI=1S/C18H21N3OS/c1-14-4-5-17(23-14)21-13-18(9-16(21)22)6-8-20(12-18)11-15-3-2-7-19-10-15/h2-5,7,10H,6,8-9,11-13H2,1H3/t18-/m1/s1. The summed E-state index contributed by atoms with van der Waals surface area (Å²) in [6.45, 7) is 5.97. The molecule has 2 fully saturated rings. The Bertz CT molecular complexity index is 714. The SMILES string of the molecule is Cc1ccc(N2C[C@]3(CCN(Cc4cccnc4)C3)CC2=O)s1. The molecule has 4 nitrogen and oxygen atoms in total. The first-order valence-corrected chi connectivity index (χ1v) is 8.93. The van der Waals surface area contributed by atoms with Crippen LogP contribution in [-0.4, -0.2) is 35.4 Å². The van der Waals surface area contributed by atoms with Crippen molar-refractivity contribution in [2.24, 2.45) is 5.41 Å². The average molecular weight is 327 g/mol. The molecule has 0 saturated carbocycles. The fraction of sp³-hybridized carbons (Fsp3) is 0.444. The van der Waals surface area contributed by atoms with E-state index < -0.39 is 0 Å². The van der Waals surface area contributed by atoms with Crippen molar-refractivity contribution < 1.29 is 4.79 Å². The number of hydrogen-bond acceptors (Lipinski definition) is 4. The molecule has 4 heterocycles. The number of carbonyl (C=O) groups excluding carboxylic acids is 1. The van der Waals surface area contributed by atoms with Gasteiger partial charge in [0.15, 0.2) is 0 Å². The number of thiophene rings is 1. The molecule has 23 heavy (non-hydrogen) atoms. The number of likely N-dealkylation sites (tertiary alicyclic amines) is 1. The topological polar surface area (TPSA) is 36.4 Å². The Labute approximate surface area is 140 Å². The Morgan fingerprint density at radius 1 is 1.30 bits per heavy atom. The van der Waals surface area contributed by atoms with E-state index in [0.717, 1.165) is 37.6 Å². The number of hydrogen-bond donors (Lipinski definition) is 0. The van der Waals surface area contributed by atoms with Gasteiger partial charge in [0.2, 0.25) is 5.91 Å². The van der Waals surface area contributed by atoms with Crippen LogP contribution in [0.4, 0.5) is 5.00 Å². The summed E-state index contributed by atoms with van der Waals surface area (Å²) in [6.07, 6.45) is 5.55. The van der Waals surface area contributed by atoms with Crippen molar-refractivity contribution in [1.29, 1.82) is 0 Å². The first-order valence-electron chi connectivity index (χ1n) is 8.12. The molecule has 4 rings (SSSR count). The number of carbonyl (C=O) groups is 1. The van der Waals surface area contributed by atoms with Gasteiger partial charge in [0, 0.05) is 48.7 Å². The van der Waals surface area contributed by atoms with Gasteiger partial charge < -0.3 is 4.90 Å². The normalized spacial score (nSPS) is 24.9. The Balaban J connectivity index is 1.45. The molecule has 2 aromatic heterocycles. The second-order valence-corrected chi connectivity index (χ2v) is 8.13. The minimum atomic E-state index is 0.136. The van der Waals surface area contributed by atoms with Crippen LogP contribution in [0, 0.1) is 12.3 Å². The molecule has 1 amide bonds. The van der Waals surface area contributed by atoms with Crippen LogP contribution in [0.1, 0.15) is 23.3 Å². The lowest BCUT2D eigenvalue weighted by molar-refractivity contribution is -0.117. The van der Waals surface area contributed by atoms with Gasteiger partial charge in [0.1, 0.15) is 0 Å². The smallest absolute Gasteiger partial charge is 0.228 e. The summed E-state index contributed by atoms with van der Waals surface area (Å²) in [4.78, 5) is 22.4. The van der Waals surface area contributed by atoms with Crippen molar-refractivity contribution >= 4 is 22.2 Å². The van der Waals surface area contributed by atoms with E-state index in [2.05, 4.69) is 35.0 Å². The lowest BCUT2D eigenvalue weighted by Gasteiger charge is -2.23. The molecule has 1 spiro atoms. The van der Waals surface area contributed by atoms with Crippen LogP contribution in [0.5, 0.6) is 0 Å². The van der Waals surface area contributed by atoms with E-state index in [-0.39, 0.29) is 11.3 Å². The molecule has 2 saturated heterocycles. The van der Waals surface area contributed by atoms with Crippen LogP contribution in [0.3, 0.4) is 0 Å². The van der Waals surface area contributed by atoms with Crippen LogP contribution < -0.4 is 4.90 Å². The number of amides is 1. The highest BCUT2D eigenvalue weighted by Gasteiger charge is 2.47. The molecule has 0 N–H and O–H groups in total. The summed E-state index contributed by atoms with van der Waals surface area (Å²) in [5, 5.41) is 1.11. The predicted molar refractivity (Wildman–Crippen MR) is 92.6 cm³/mol. The largest absolute Gasteiger partial charge is 0.303 e. The molecule has 0 aliphatic carbocycles. The molecule has 120 valence electrons. The zero-order chi connectivity index (χ0) is 15.9. The summed E-state index contributed by atoms with van der Waals surface area (Å²) in [5.74, 6) is 0.287. The van der Waals surface area contributed by atoms with Gasteiger partial charge in [-0.1, -0.05) is 6.07 Å². The summed E-state index contributed by atoms with van der Waals surface area (Å²) in [6, 6.07) is 8.29. The number of nitrogens with zero attached hydrogens (tertiary/aromatic N) is 3. The summed E-state index contributed by atoms with van der Waals surface area (Å²) in [5.41, 5.74) is 1.39.